The van der Waals surface area contributed by atoms with Crippen LogP contribution in [0.5, 0.6) is 0 Å². The van der Waals surface area contributed by atoms with E-state index in [1.807, 2.05) is 11.8 Å². The Balaban J connectivity index is 2.90. The van der Waals surface area contributed by atoms with Gasteiger partial charge >= 0.3 is 0 Å². The molecule has 0 aliphatic heterocycles. The fraction of sp³-hybridized carbons (Fsp3) is 0.273. The van der Waals surface area contributed by atoms with Gasteiger partial charge < -0.3 is 0 Å². The minimum Gasteiger partial charge on any atom is -0.0949 e. The SMILES string of the molecule is C/C=C(\C)Sc1ccc(I)cc1C. The largest absolute Gasteiger partial charge is 0.0949 e. The topological polar surface area (TPSA) is 0 Å². The zero-order valence-corrected chi connectivity index (χ0v) is 11.1. The van der Waals surface area contributed by atoms with Crippen LogP contribution >= 0.6 is 34.4 Å². The fourth-order valence-corrected chi connectivity index (χ4v) is 2.43. The molecule has 13 heavy (non-hydrogen) atoms. The number of hydrogen-bond acceptors (Lipinski definition) is 1. The maximum absolute atomic E-state index is 2.34. The van der Waals surface area contributed by atoms with Crippen molar-refractivity contribution in [1.82, 2.24) is 0 Å². The summed E-state index contributed by atoms with van der Waals surface area (Å²) < 4.78 is 1.30. The van der Waals surface area contributed by atoms with E-state index < -0.39 is 0 Å². The Kier molecular flexibility index (Phi) is 4.32. The Labute approximate surface area is 98.0 Å². The van der Waals surface area contributed by atoms with Gasteiger partial charge in [0.25, 0.3) is 0 Å². The summed E-state index contributed by atoms with van der Waals surface area (Å²) in [7, 11) is 0. The minimum atomic E-state index is 1.30. The van der Waals surface area contributed by atoms with Gasteiger partial charge in [-0.05, 0) is 72.0 Å². The monoisotopic (exact) mass is 304 g/mol. The molecule has 0 bridgehead atoms. The summed E-state index contributed by atoms with van der Waals surface area (Å²) in [4.78, 5) is 2.71. The van der Waals surface area contributed by atoms with Crippen LogP contribution in [0.4, 0.5) is 0 Å². The van der Waals surface area contributed by atoms with Crippen molar-refractivity contribution in [3.63, 3.8) is 0 Å². The van der Waals surface area contributed by atoms with E-state index in [9.17, 15) is 0 Å². The smallest absolute Gasteiger partial charge is 0.0148 e. The van der Waals surface area contributed by atoms with E-state index in [1.54, 1.807) is 0 Å². The second-order valence-electron chi connectivity index (χ2n) is 2.91. The van der Waals surface area contributed by atoms with Crippen molar-refractivity contribution < 1.29 is 0 Å². The third-order valence-corrected chi connectivity index (χ3v) is 3.72. The molecule has 1 aromatic rings. The van der Waals surface area contributed by atoms with E-state index in [4.69, 9.17) is 0 Å². The lowest BCUT2D eigenvalue weighted by atomic mass is 10.2. The molecule has 0 amide bonds. The first kappa shape index (κ1) is 11.1. The average molecular weight is 304 g/mol. The van der Waals surface area contributed by atoms with Gasteiger partial charge in [0.15, 0.2) is 0 Å². The molecule has 0 unspecified atom stereocenters. The molecule has 0 nitrogen and oxygen atoms in total. The Hall–Kier alpha value is 0.0400. The summed E-state index contributed by atoms with van der Waals surface area (Å²) in [5.74, 6) is 0. The number of rotatable bonds is 2. The molecule has 0 aliphatic rings. The third kappa shape index (κ3) is 3.35. The molecule has 1 rings (SSSR count). The quantitative estimate of drug-likeness (QED) is 0.568. The van der Waals surface area contributed by atoms with Crippen molar-refractivity contribution in [2.24, 2.45) is 0 Å². The first-order valence-electron chi connectivity index (χ1n) is 4.20. The second-order valence-corrected chi connectivity index (χ2v) is 5.44. The van der Waals surface area contributed by atoms with Gasteiger partial charge in [-0.3, -0.25) is 0 Å². The maximum atomic E-state index is 2.34. The molecule has 0 N–H and O–H groups in total. The van der Waals surface area contributed by atoms with Crippen LogP contribution in [0.25, 0.3) is 0 Å². The minimum absolute atomic E-state index is 1.30. The molecule has 0 atom stereocenters. The molecule has 0 saturated heterocycles. The van der Waals surface area contributed by atoms with Crippen LogP contribution in [-0.2, 0) is 0 Å². The Morgan fingerprint density at radius 3 is 2.69 bits per heavy atom. The Morgan fingerprint density at radius 1 is 1.46 bits per heavy atom. The van der Waals surface area contributed by atoms with Crippen LogP contribution in [-0.4, -0.2) is 0 Å². The first-order valence-corrected chi connectivity index (χ1v) is 6.10. The van der Waals surface area contributed by atoms with Gasteiger partial charge in [0.1, 0.15) is 0 Å². The summed E-state index contributed by atoms with van der Waals surface area (Å²) in [5, 5.41) is 0. The van der Waals surface area contributed by atoms with Crippen LogP contribution in [0.2, 0.25) is 0 Å². The van der Waals surface area contributed by atoms with E-state index >= 15 is 0 Å². The summed E-state index contributed by atoms with van der Waals surface area (Å²) in [6, 6.07) is 6.56. The van der Waals surface area contributed by atoms with Crippen LogP contribution in [0.3, 0.4) is 0 Å². The van der Waals surface area contributed by atoms with Gasteiger partial charge in [-0.25, -0.2) is 0 Å². The van der Waals surface area contributed by atoms with Gasteiger partial charge in [-0.15, -0.1) is 0 Å². The number of benzene rings is 1. The lowest BCUT2D eigenvalue weighted by Gasteiger charge is -2.05. The molecule has 70 valence electrons. The highest BCUT2D eigenvalue weighted by atomic mass is 127. The van der Waals surface area contributed by atoms with E-state index in [-0.39, 0.29) is 0 Å². The van der Waals surface area contributed by atoms with Crippen molar-refractivity contribution in [2.45, 2.75) is 25.7 Å². The lowest BCUT2D eigenvalue weighted by molar-refractivity contribution is 1.29. The molecule has 0 heterocycles. The highest BCUT2D eigenvalue weighted by Crippen LogP contribution is 2.29. The van der Waals surface area contributed by atoms with E-state index in [0.29, 0.717) is 0 Å². The summed E-state index contributed by atoms with van der Waals surface area (Å²) in [5.41, 5.74) is 1.36. The van der Waals surface area contributed by atoms with Gasteiger partial charge in [-0.2, -0.15) is 0 Å². The third-order valence-electron chi connectivity index (χ3n) is 1.81. The normalized spacial score (nSPS) is 11.8. The van der Waals surface area contributed by atoms with Crippen molar-refractivity contribution >= 4 is 34.4 Å². The standard InChI is InChI=1S/C11H13IS/c1-4-9(3)13-11-6-5-10(12)7-8(11)2/h4-7H,1-3H3/b9-4+. The number of aryl methyl sites for hydroxylation is 1. The summed E-state index contributed by atoms with van der Waals surface area (Å²) in [6.45, 7) is 6.37. The van der Waals surface area contributed by atoms with Crippen LogP contribution in [0, 0.1) is 10.5 Å². The number of allylic oxidation sites excluding steroid dienone is 2. The highest BCUT2D eigenvalue weighted by Gasteiger charge is 1.99. The number of thioether (sulfide) groups is 1. The first-order chi connectivity index (χ1) is 6.13. The second kappa shape index (κ2) is 5.05. The Bertz CT molecular complexity index is 329. The molecule has 2 heteroatoms. The van der Waals surface area contributed by atoms with Gasteiger partial charge in [0.05, 0.1) is 0 Å². The number of hydrogen-bond donors (Lipinski definition) is 0. The predicted molar refractivity (Wildman–Crippen MR) is 69.2 cm³/mol. The molecule has 0 radical (unpaired) electrons. The van der Waals surface area contributed by atoms with Crippen molar-refractivity contribution in [1.29, 1.82) is 0 Å². The maximum Gasteiger partial charge on any atom is 0.0148 e. The number of halogens is 1. The van der Waals surface area contributed by atoms with Gasteiger partial charge in [0, 0.05) is 8.47 Å². The van der Waals surface area contributed by atoms with Crippen LogP contribution in [0.1, 0.15) is 19.4 Å². The van der Waals surface area contributed by atoms with Crippen molar-refractivity contribution in [2.75, 3.05) is 0 Å². The zero-order valence-electron chi connectivity index (χ0n) is 8.10. The predicted octanol–water partition coefficient (Wildman–Crippen LogP) is 4.62. The summed E-state index contributed by atoms with van der Waals surface area (Å²) in [6.07, 6.45) is 2.14. The van der Waals surface area contributed by atoms with Crippen LogP contribution < -0.4 is 0 Å². The van der Waals surface area contributed by atoms with Crippen molar-refractivity contribution in [3.8, 4) is 0 Å². The van der Waals surface area contributed by atoms with Crippen molar-refractivity contribution in [3.05, 3.63) is 38.3 Å². The van der Waals surface area contributed by atoms with E-state index in [0.717, 1.165) is 0 Å². The van der Waals surface area contributed by atoms with Crippen LogP contribution in [0.15, 0.2) is 34.1 Å². The zero-order chi connectivity index (χ0) is 9.84. The van der Waals surface area contributed by atoms with Gasteiger partial charge in [-0.1, -0.05) is 17.8 Å². The molecule has 1 aromatic carbocycles. The lowest BCUT2D eigenvalue weighted by Crippen LogP contribution is -1.80. The molecule has 0 saturated carbocycles. The molecule has 0 aliphatic carbocycles. The average Bonchev–Trinajstić information content (AvgIpc) is 2.09. The van der Waals surface area contributed by atoms with E-state index in [2.05, 4.69) is 67.6 Å². The molecule has 0 fully saturated rings. The van der Waals surface area contributed by atoms with E-state index in [1.165, 1.54) is 18.9 Å². The fourth-order valence-electron chi connectivity index (χ4n) is 0.960. The Morgan fingerprint density at radius 2 is 2.15 bits per heavy atom. The molecule has 0 spiro atoms. The summed E-state index contributed by atoms with van der Waals surface area (Å²) >= 11 is 4.18. The molecular weight excluding hydrogens is 291 g/mol. The molecule has 0 aromatic heterocycles. The highest BCUT2D eigenvalue weighted by molar-refractivity contribution is 14.1. The molecular formula is C11H13IS. The van der Waals surface area contributed by atoms with Gasteiger partial charge in [0.2, 0.25) is 0 Å².